The molecule has 3 rings (SSSR count). The normalized spacial score (nSPS) is 21.5. The van der Waals surface area contributed by atoms with Crippen LogP contribution < -0.4 is 5.32 Å². The summed E-state index contributed by atoms with van der Waals surface area (Å²) in [5.41, 5.74) is 0. The van der Waals surface area contributed by atoms with Gasteiger partial charge >= 0.3 is 6.03 Å². The van der Waals surface area contributed by atoms with Gasteiger partial charge < -0.3 is 24.4 Å². The van der Waals surface area contributed by atoms with Crippen LogP contribution in [-0.2, 0) is 17.7 Å². The van der Waals surface area contributed by atoms with Crippen LogP contribution in [0.2, 0.25) is 0 Å². The number of amides is 2. The zero-order valence-electron chi connectivity index (χ0n) is 16.7. The van der Waals surface area contributed by atoms with Crippen LogP contribution in [0.15, 0.2) is 4.52 Å². The Bertz CT molecular complexity index is 588. The van der Waals surface area contributed by atoms with Crippen molar-refractivity contribution < 1.29 is 14.1 Å². The lowest BCUT2D eigenvalue weighted by Crippen LogP contribution is -2.40. The highest BCUT2D eigenvalue weighted by atomic mass is 16.5. The summed E-state index contributed by atoms with van der Waals surface area (Å²) < 4.78 is 10.2. The summed E-state index contributed by atoms with van der Waals surface area (Å²) in [6.07, 6.45) is 8.61. The van der Waals surface area contributed by atoms with Gasteiger partial charge in [-0.15, -0.1) is 0 Å². The molecule has 1 saturated heterocycles. The van der Waals surface area contributed by atoms with Crippen LogP contribution in [0.3, 0.4) is 0 Å². The first kappa shape index (κ1) is 20.1. The molecule has 152 valence electrons. The fourth-order valence-electron chi connectivity index (χ4n) is 4.10. The van der Waals surface area contributed by atoms with Crippen molar-refractivity contribution in [3.05, 3.63) is 11.7 Å². The van der Waals surface area contributed by atoms with E-state index in [9.17, 15) is 4.79 Å². The Hall–Kier alpha value is -1.67. The molecule has 1 saturated carbocycles. The fraction of sp³-hybridized carbons (Fsp3) is 0.842. The van der Waals surface area contributed by atoms with Crippen LogP contribution in [0.1, 0.15) is 50.2 Å². The molecule has 1 aromatic rings. The minimum Gasteiger partial charge on any atom is -0.384 e. The zero-order chi connectivity index (χ0) is 19.1. The summed E-state index contributed by atoms with van der Waals surface area (Å²) in [7, 11) is 3.38. The van der Waals surface area contributed by atoms with E-state index in [-0.39, 0.29) is 6.03 Å². The first-order chi connectivity index (χ1) is 13.2. The number of carbonyl (C=O) groups is 1. The number of hydrogen-bond donors (Lipinski definition) is 1. The maximum Gasteiger partial charge on any atom is 0.317 e. The molecule has 2 aliphatic rings. The molecule has 0 aromatic carbocycles. The monoisotopic (exact) mass is 379 g/mol. The molecule has 8 heteroatoms. The highest BCUT2D eigenvalue weighted by molar-refractivity contribution is 5.73. The standard InChI is InChI=1S/C19H33N5O3/c1-23(14-18-21-17(22-27-18)9-11-26-2)19(25)20-12-15-8-10-24(13-15)16-6-4-3-5-7-16/h15-16H,3-14H2,1-2H3,(H,20,25). The number of carbonyl (C=O) groups excluding carboxylic acids is 1. The number of ether oxygens (including phenoxy) is 1. The van der Waals surface area contributed by atoms with E-state index >= 15 is 0 Å². The van der Waals surface area contributed by atoms with Crippen LogP contribution in [0.5, 0.6) is 0 Å². The summed E-state index contributed by atoms with van der Waals surface area (Å²) in [5.74, 6) is 1.60. The van der Waals surface area contributed by atoms with Crippen molar-refractivity contribution in [2.75, 3.05) is 40.4 Å². The lowest BCUT2D eigenvalue weighted by Gasteiger charge is -2.31. The van der Waals surface area contributed by atoms with Gasteiger partial charge in [0.2, 0.25) is 5.89 Å². The number of rotatable bonds is 8. The molecular formula is C19H33N5O3. The zero-order valence-corrected chi connectivity index (χ0v) is 16.7. The number of nitrogens with zero attached hydrogens (tertiary/aromatic N) is 4. The molecule has 0 spiro atoms. The highest BCUT2D eigenvalue weighted by Crippen LogP contribution is 2.27. The van der Waals surface area contributed by atoms with Gasteiger partial charge in [0.05, 0.1) is 6.61 Å². The van der Waals surface area contributed by atoms with E-state index in [1.54, 1.807) is 19.1 Å². The second kappa shape index (κ2) is 10.0. The van der Waals surface area contributed by atoms with Crippen molar-refractivity contribution in [3.63, 3.8) is 0 Å². The fourth-order valence-corrected chi connectivity index (χ4v) is 4.10. The van der Waals surface area contributed by atoms with Crippen LogP contribution >= 0.6 is 0 Å². The first-order valence-electron chi connectivity index (χ1n) is 10.2. The third-order valence-corrected chi connectivity index (χ3v) is 5.71. The number of likely N-dealkylation sites (tertiary alicyclic amines) is 1. The Morgan fingerprint density at radius 1 is 1.33 bits per heavy atom. The van der Waals surface area contributed by atoms with E-state index in [4.69, 9.17) is 9.26 Å². The largest absolute Gasteiger partial charge is 0.384 e. The molecular weight excluding hydrogens is 346 g/mol. The van der Waals surface area contributed by atoms with Crippen LogP contribution in [0, 0.1) is 5.92 Å². The summed E-state index contributed by atoms with van der Waals surface area (Å²) in [4.78, 5) is 20.9. The average Bonchev–Trinajstić information content (AvgIpc) is 3.34. The van der Waals surface area contributed by atoms with Crippen LogP contribution in [-0.4, -0.2) is 72.4 Å². The minimum atomic E-state index is -0.0947. The molecule has 0 bridgehead atoms. The molecule has 1 aliphatic heterocycles. The van der Waals surface area contributed by atoms with Gasteiger partial charge in [0.1, 0.15) is 6.54 Å². The average molecular weight is 380 g/mol. The number of aromatic nitrogens is 2. The van der Waals surface area contributed by atoms with Crippen molar-refractivity contribution in [1.29, 1.82) is 0 Å². The lowest BCUT2D eigenvalue weighted by atomic mass is 9.94. The molecule has 1 unspecified atom stereocenters. The van der Waals surface area contributed by atoms with E-state index in [0.717, 1.165) is 19.1 Å². The molecule has 8 nitrogen and oxygen atoms in total. The maximum atomic E-state index is 12.4. The van der Waals surface area contributed by atoms with Gasteiger partial charge in [0.25, 0.3) is 0 Å². The number of nitrogens with one attached hydrogen (secondary N) is 1. The maximum absolute atomic E-state index is 12.4. The van der Waals surface area contributed by atoms with E-state index in [1.165, 1.54) is 45.1 Å². The Kier molecular flexibility index (Phi) is 7.46. The third-order valence-electron chi connectivity index (χ3n) is 5.71. The lowest BCUT2D eigenvalue weighted by molar-refractivity contribution is 0.182. The predicted octanol–water partition coefficient (Wildman–Crippen LogP) is 2.05. The molecule has 0 radical (unpaired) electrons. The summed E-state index contributed by atoms with van der Waals surface area (Å²) >= 11 is 0. The summed E-state index contributed by atoms with van der Waals surface area (Å²) in [5, 5.41) is 6.96. The predicted molar refractivity (Wildman–Crippen MR) is 101 cm³/mol. The van der Waals surface area contributed by atoms with Crippen molar-refractivity contribution in [1.82, 2.24) is 25.3 Å². The van der Waals surface area contributed by atoms with Crippen molar-refractivity contribution in [2.45, 2.75) is 57.5 Å². The molecule has 1 aromatic heterocycles. The Morgan fingerprint density at radius 2 is 2.15 bits per heavy atom. The van der Waals surface area contributed by atoms with Crippen LogP contribution in [0.4, 0.5) is 4.79 Å². The van der Waals surface area contributed by atoms with Gasteiger partial charge in [-0.05, 0) is 31.7 Å². The first-order valence-corrected chi connectivity index (χ1v) is 10.2. The van der Waals surface area contributed by atoms with Crippen molar-refractivity contribution in [3.8, 4) is 0 Å². The SMILES string of the molecule is COCCc1noc(CN(C)C(=O)NCC2CCN(C3CCCCC3)C2)n1. The number of methoxy groups -OCH3 is 1. The van der Waals surface area contributed by atoms with E-state index in [2.05, 4.69) is 20.4 Å². The molecule has 2 amide bonds. The second-order valence-corrected chi connectivity index (χ2v) is 7.83. The Balaban J connectivity index is 1.36. The molecule has 27 heavy (non-hydrogen) atoms. The van der Waals surface area contributed by atoms with Gasteiger partial charge in [0.15, 0.2) is 5.82 Å². The molecule has 1 atom stereocenters. The topological polar surface area (TPSA) is 83.7 Å². The molecule has 2 heterocycles. The molecule has 1 aliphatic carbocycles. The van der Waals surface area contributed by atoms with E-state index in [0.29, 0.717) is 37.2 Å². The van der Waals surface area contributed by atoms with Crippen LogP contribution in [0.25, 0.3) is 0 Å². The minimum absolute atomic E-state index is 0.0947. The molecule has 1 N–H and O–H groups in total. The number of hydrogen-bond acceptors (Lipinski definition) is 6. The van der Waals surface area contributed by atoms with Gasteiger partial charge in [-0.2, -0.15) is 4.98 Å². The van der Waals surface area contributed by atoms with Gasteiger partial charge in [-0.25, -0.2) is 4.79 Å². The smallest absolute Gasteiger partial charge is 0.317 e. The van der Waals surface area contributed by atoms with E-state index < -0.39 is 0 Å². The van der Waals surface area contributed by atoms with Gasteiger partial charge in [0, 0.05) is 39.7 Å². The molecule has 2 fully saturated rings. The highest BCUT2D eigenvalue weighted by Gasteiger charge is 2.29. The third kappa shape index (κ3) is 5.90. The van der Waals surface area contributed by atoms with E-state index in [1.807, 2.05) is 0 Å². The summed E-state index contributed by atoms with van der Waals surface area (Å²) in [6.45, 7) is 3.88. The Labute approximate surface area is 161 Å². The van der Waals surface area contributed by atoms with Gasteiger partial charge in [-0.3, -0.25) is 0 Å². The quantitative estimate of drug-likeness (QED) is 0.744. The summed E-state index contributed by atoms with van der Waals surface area (Å²) in [6, 6.07) is 0.676. The Morgan fingerprint density at radius 3 is 2.93 bits per heavy atom. The van der Waals surface area contributed by atoms with Crippen molar-refractivity contribution in [2.24, 2.45) is 5.92 Å². The van der Waals surface area contributed by atoms with Gasteiger partial charge in [-0.1, -0.05) is 24.4 Å². The number of urea groups is 1. The van der Waals surface area contributed by atoms with Crippen molar-refractivity contribution >= 4 is 6.03 Å². The second-order valence-electron chi connectivity index (χ2n) is 7.83.